The first-order chi connectivity index (χ1) is 14.4. The van der Waals surface area contributed by atoms with E-state index in [1.165, 1.54) is 11.1 Å². The van der Waals surface area contributed by atoms with Crippen molar-refractivity contribution in [3.63, 3.8) is 0 Å². The summed E-state index contributed by atoms with van der Waals surface area (Å²) in [6.45, 7) is 11.5. The molecule has 0 aliphatic carbocycles. The Hall–Kier alpha value is -2.10. The monoisotopic (exact) mass is 539 g/mol. The third-order valence-electron chi connectivity index (χ3n) is 5.06. The molecule has 170 valence electrons. The number of nitrogens with zero attached hydrogens (tertiary/aromatic N) is 3. The summed E-state index contributed by atoms with van der Waals surface area (Å²) in [4.78, 5) is 23.3. The van der Waals surface area contributed by atoms with Gasteiger partial charge in [0.05, 0.1) is 6.20 Å². The molecule has 1 amide bonds. The first-order valence-corrected chi connectivity index (χ1v) is 10.7. The second-order valence-corrected chi connectivity index (χ2v) is 8.61. The van der Waals surface area contributed by atoms with Gasteiger partial charge in [-0.2, -0.15) is 0 Å². The zero-order chi connectivity index (χ0) is 21.6. The van der Waals surface area contributed by atoms with Crippen molar-refractivity contribution in [3.8, 4) is 0 Å². The lowest BCUT2D eigenvalue weighted by atomic mass is 9.94. The van der Waals surface area contributed by atoms with Crippen molar-refractivity contribution in [3.05, 3.63) is 53.2 Å². The molecule has 8 heteroatoms. The van der Waals surface area contributed by atoms with Gasteiger partial charge in [0.15, 0.2) is 5.96 Å². The lowest BCUT2D eigenvalue weighted by molar-refractivity contribution is -0.131. The van der Waals surface area contributed by atoms with Crippen LogP contribution in [-0.4, -0.2) is 34.8 Å². The lowest BCUT2D eigenvalue weighted by Crippen LogP contribution is -2.38. The molecule has 1 aliphatic rings. The van der Waals surface area contributed by atoms with Crippen molar-refractivity contribution >= 4 is 35.8 Å². The van der Waals surface area contributed by atoms with Crippen LogP contribution in [0.3, 0.4) is 0 Å². The molecule has 0 radical (unpaired) electrons. The molecule has 0 fully saturated rings. The maximum Gasteiger partial charge on any atom is 0.223 e. The van der Waals surface area contributed by atoms with Gasteiger partial charge in [0.2, 0.25) is 11.8 Å². The average molecular weight is 539 g/mol. The first kappa shape index (κ1) is 25.2. The molecule has 1 aromatic carbocycles. The molecular weight excluding hydrogens is 505 g/mol. The topological polar surface area (TPSA) is 82.8 Å². The number of amides is 1. The molecule has 2 N–H and O–H groups in total. The normalized spacial score (nSPS) is 13.5. The van der Waals surface area contributed by atoms with Gasteiger partial charge in [-0.05, 0) is 24.5 Å². The van der Waals surface area contributed by atoms with Crippen molar-refractivity contribution < 1.29 is 9.21 Å². The minimum Gasteiger partial charge on any atom is -0.443 e. The smallest absolute Gasteiger partial charge is 0.223 e. The summed E-state index contributed by atoms with van der Waals surface area (Å²) < 4.78 is 5.79. The summed E-state index contributed by atoms with van der Waals surface area (Å²) >= 11 is 0. The predicted octanol–water partition coefficient (Wildman–Crippen LogP) is 3.97. The van der Waals surface area contributed by atoms with Gasteiger partial charge in [-0.1, -0.05) is 45.0 Å². The van der Waals surface area contributed by atoms with Crippen molar-refractivity contribution in [1.82, 2.24) is 20.5 Å². The number of guanidine groups is 1. The van der Waals surface area contributed by atoms with Crippen molar-refractivity contribution in [2.75, 3.05) is 13.1 Å². The number of aromatic nitrogens is 1. The largest absolute Gasteiger partial charge is 0.443 e. The van der Waals surface area contributed by atoms with Gasteiger partial charge >= 0.3 is 0 Å². The summed E-state index contributed by atoms with van der Waals surface area (Å²) in [6.07, 6.45) is 3.05. The fourth-order valence-electron chi connectivity index (χ4n) is 3.33. The van der Waals surface area contributed by atoms with E-state index in [4.69, 9.17) is 4.42 Å². The van der Waals surface area contributed by atoms with Crippen molar-refractivity contribution in [1.29, 1.82) is 0 Å². The Balaban J connectivity index is 0.00000341. The molecule has 0 saturated carbocycles. The van der Waals surface area contributed by atoms with E-state index < -0.39 is 0 Å². The van der Waals surface area contributed by atoms with E-state index in [0.717, 1.165) is 31.8 Å². The molecule has 3 rings (SSSR count). The quantitative estimate of drug-likeness (QED) is 0.241. The molecule has 7 nitrogen and oxygen atoms in total. The van der Waals surface area contributed by atoms with Gasteiger partial charge in [0.25, 0.3) is 0 Å². The highest BCUT2D eigenvalue weighted by atomic mass is 127. The van der Waals surface area contributed by atoms with Gasteiger partial charge < -0.3 is 20.0 Å². The van der Waals surface area contributed by atoms with E-state index in [9.17, 15) is 4.79 Å². The number of halogens is 1. The zero-order valence-corrected chi connectivity index (χ0v) is 21.2. The molecule has 31 heavy (non-hydrogen) atoms. The Bertz CT molecular complexity index is 863. The Morgan fingerprint density at radius 1 is 1.19 bits per heavy atom. The van der Waals surface area contributed by atoms with E-state index in [2.05, 4.69) is 53.5 Å². The summed E-state index contributed by atoms with van der Waals surface area (Å²) in [5.41, 5.74) is 2.44. The van der Waals surface area contributed by atoms with E-state index >= 15 is 0 Å². The molecular formula is C23H34IN5O2. The molecule has 0 unspecified atom stereocenters. The van der Waals surface area contributed by atoms with Gasteiger partial charge in [-0.3, -0.25) is 4.79 Å². The minimum atomic E-state index is -0.0685. The number of rotatable bonds is 7. The minimum absolute atomic E-state index is 0. The number of hydrogen-bond donors (Lipinski definition) is 2. The standard InChI is InChI=1S/C23H33N5O2.HI/c1-5-24-22(27-14-20-26-13-19(30-20)23(2,3)4)25-12-8-11-21(29)28-15-17-9-6-7-10-18(17)16-28;/h6-7,9-10,13H,5,8,11-12,14-16H2,1-4H3,(H2,24,25,27);1H. The molecule has 1 aliphatic heterocycles. The van der Waals surface area contributed by atoms with E-state index in [1.54, 1.807) is 6.20 Å². The summed E-state index contributed by atoms with van der Waals surface area (Å²) in [6, 6.07) is 8.25. The van der Waals surface area contributed by atoms with Crippen LogP contribution in [0.15, 0.2) is 39.9 Å². The Kier molecular flexibility index (Phi) is 9.33. The molecule has 2 heterocycles. The summed E-state index contributed by atoms with van der Waals surface area (Å²) in [5, 5.41) is 6.51. The van der Waals surface area contributed by atoms with E-state index in [0.29, 0.717) is 31.4 Å². The fraction of sp³-hybridized carbons (Fsp3) is 0.522. The van der Waals surface area contributed by atoms with Crippen LogP contribution in [0, 0.1) is 0 Å². The third kappa shape index (κ3) is 7.22. The van der Waals surface area contributed by atoms with Crippen LogP contribution in [0.1, 0.15) is 63.3 Å². The van der Waals surface area contributed by atoms with Crippen LogP contribution in [0.5, 0.6) is 0 Å². The molecule has 0 spiro atoms. The maximum absolute atomic E-state index is 12.5. The second-order valence-electron chi connectivity index (χ2n) is 8.61. The molecule has 0 bridgehead atoms. The highest BCUT2D eigenvalue weighted by Crippen LogP contribution is 2.23. The number of fused-ring (bicyclic) bond motifs is 1. The summed E-state index contributed by atoms with van der Waals surface area (Å²) in [7, 11) is 0. The number of oxazole rings is 1. The van der Waals surface area contributed by atoms with Crippen molar-refractivity contribution in [2.45, 2.75) is 65.6 Å². The number of carbonyl (C=O) groups is 1. The fourth-order valence-corrected chi connectivity index (χ4v) is 3.33. The number of benzene rings is 1. The van der Waals surface area contributed by atoms with Crippen molar-refractivity contribution in [2.24, 2.45) is 4.99 Å². The SMILES string of the molecule is CCNC(=NCc1ncc(C(C)(C)C)o1)NCCCC(=O)N1Cc2ccccc2C1.I. The predicted molar refractivity (Wildman–Crippen MR) is 133 cm³/mol. The van der Waals surface area contributed by atoms with Crippen LogP contribution in [0.2, 0.25) is 0 Å². The second kappa shape index (κ2) is 11.5. The Labute approximate surface area is 202 Å². The highest BCUT2D eigenvalue weighted by Gasteiger charge is 2.22. The maximum atomic E-state index is 12.5. The Morgan fingerprint density at radius 2 is 1.87 bits per heavy atom. The molecule has 0 atom stereocenters. The number of aliphatic imine (C=N–C) groups is 1. The van der Waals surface area contributed by atoms with Gasteiger partial charge in [-0.25, -0.2) is 9.98 Å². The highest BCUT2D eigenvalue weighted by molar-refractivity contribution is 14.0. The van der Waals surface area contributed by atoms with Gasteiger partial charge in [0, 0.05) is 38.0 Å². The Morgan fingerprint density at radius 3 is 2.45 bits per heavy atom. The van der Waals surface area contributed by atoms with Crippen LogP contribution < -0.4 is 10.6 Å². The first-order valence-electron chi connectivity index (χ1n) is 10.7. The lowest BCUT2D eigenvalue weighted by Gasteiger charge is -2.16. The van der Waals surface area contributed by atoms with Crippen LogP contribution in [0.25, 0.3) is 0 Å². The molecule has 0 saturated heterocycles. The number of hydrogen-bond acceptors (Lipinski definition) is 4. The van der Waals surface area contributed by atoms with Gasteiger partial charge in [0.1, 0.15) is 12.3 Å². The van der Waals surface area contributed by atoms with Crippen LogP contribution in [0.4, 0.5) is 0 Å². The molecule has 1 aromatic heterocycles. The number of nitrogens with one attached hydrogen (secondary N) is 2. The zero-order valence-electron chi connectivity index (χ0n) is 18.9. The van der Waals surface area contributed by atoms with Crippen LogP contribution in [-0.2, 0) is 29.8 Å². The van der Waals surface area contributed by atoms with E-state index in [1.807, 2.05) is 24.0 Å². The average Bonchev–Trinajstić information content (AvgIpc) is 3.35. The summed E-state index contributed by atoms with van der Waals surface area (Å²) in [5.74, 6) is 2.35. The van der Waals surface area contributed by atoms with E-state index in [-0.39, 0.29) is 35.3 Å². The molecule has 2 aromatic rings. The van der Waals surface area contributed by atoms with Crippen LogP contribution >= 0.6 is 24.0 Å². The van der Waals surface area contributed by atoms with Gasteiger partial charge in [-0.15, -0.1) is 24.0 Å². The third-order valence-corrected chi connectivity index (χ3v) is 5.06. The number of carbonyl (C=O) groups excluding carboxylic acids is 1.